The number of ether oxygens (including phenoxy) is 1. The number of hydrogen-bond acceptors (Lipinski definition) is 6. The fourth-order valence-corrected chi connectivity index (χ4v) is 1.38. The second-order valence-corrected chi connectivity index (χ2v) is 3.66. The summed E-state index contributed by atoms with van der Waals surface area (Å²) in [6.07, 6.45) is -3.08. The summed E-state index contributed by atoms with van der Waals surface area (Å²) in [5.41, 5.74) is -1.33. The highest BCUT2D eigenvalue weighted by molar-refractivity contribution is 5.87. The lowest BCUT2D eigenvalue weighted by molar-refractivity contribution is -0.144. The second-order valence-electron chi connectivity index (χ2n) is 3.66. The first-order valence-corrected chi connectivity index (χ1v) is 5.19. The molecule has 0 saturated heterocycles. The maximum absolute atomic E-state index is 13.7. The molecule has 1 rings (SSSR count). The van der Waals surface area contributed by atoms with Crippen LogP contribution >= 0.6 is 0 Å². The molecule has 0 amide bonds. The SMILES string of the molecule is COC(=O)CC(O)C(O)c1nccc(C(=O)O)c1F. The summed E-state index contributed by atoms with van der Waals surface area (Å²) >= 11 is 0. The van der Waals surface area contributed by atoms with Gasteiger partial charge < -0.3 is 20.1 Å². The van der Waals surface area contributed by atoms with E-state index in [9.17, 15) is 24.2 Å². The van der Waals surface area contributed by atoms with Crippen molar-refractivity contribution in [3.8, 4) is 0 Å². The van der Waals surface area contributed by atoms with E-state index in [4.69, 9.17) is 5.11 Å². The predicted molar refractivity (Wildman–Crippen MR) is 58.8 cm³/mol. The molecular formula is C11H12FNO6. The first kappa shape index (κ1) is 15.0. The van der Waals surface area contributed by atoms with Gasteiger partial charge in [-0.2, -0.15) is 0 Å². The van der Waals surface area contributed by atoms with Crippen molar-refractivity contribution in [1.29, 1.82) is 0 Å². The van der Waals surface area contributed by atoms with Crippen molar-refractivity contribution in [2.45, 2.75) is 18.6 Å². The van der Waals surface area contributed by atoms with E-state index in [0.29, 0.717) is 0 Å². The zero-order chi connectivity index (χ0) is 14.6. The Morgan fingerprint density at radius 2 is 2.11 bits per heavy atom. The Morgan fingerprint density at radius 1 is 1.47 bits per heavy atom. The number of aromatic nitrogens is 1. The average Bonchev–Trinajstić information content (AvgIpc) is 2.37. The summed E-state index contributed by atoms with van der Waals surface area (Å²) in [6.45, 7) is 0. The van der Waals surface area contributed by atoms with Crippen molar-refractivity contribution < 1.29 is 34.0 Å². The van der Waals surface area contributed by atoms with E-state index < -0.39 is 47.6 Å². The number of aliphatic hydroxyl groups excluding tert-OH is 2. The molecule has 0 bridgehead atoms. The molecule has 104 valence electrons. The van der Waals surface area contributed by atoms with Crippen LogP contribution in [0.2, 0.25) is 0 Å². The molecule has 1 aromatic rings. The van der Waals surface area contributed by atoms with Gasteiger partial charge in [0.1, 0.15) is 11.8 Å². The summed E-state index contributed by atoms with van der Waals surface area (Å²) in [5.74, 6) is -3.59. The number of esters is 1. The minimum Gasteiger partial charge on any atom is -0.478 e. The van der Waals surface area contributed by atoms with Crippen LogP contribution in [-0.4, -0.2) is 45.5 Å². The van der Waals surface area contributed by atoms with Gasteiger partial charge in [0.25, 0.3) is 0 Å². The van der Waals surface area contributed by atoms with E-state index in [-0.39, 0.29) is 0 Å². The van der Waals surface area contributed by atoms with Gasteiger partial charge >= 0.3 is 11.9 Å². The van der Waals surface area contributed by atoms with Crippen molar-refractivity contribution in [2.75, 3.05) is 7.11 Å². The molecule has 8 heteroatoms. The smallest absolute Gasteiger partial charge is 0.338 e. The van der Waals surface area contributed by atoms with Crippen LogP contribution in [0.5, 0.6) is 0 Å². The van der Waals surface area contributed by atoms with E-state index in [0.717, 1.165) is 19.4 Å². The Bertz CT molecular complexity index is 492. The minimum atomic E-state index is -1.83. The highest BCUT2D eigenvalue weighted by Gasteiger charge is 2.27. The fourth-order valence-electron chi connectivity index (χ4n) is 1.38. The minimum absolute atomic E-state index is 0.573. The van der Waals surface area contributed by atoms with Crippen molar-refractivity contribution in [3.05, 3.63) is 29.3 Å². The average molecular weight is 273 g/mol. The molecule has 1 heterocycles. The Balaban J connectivity index is 2.99. The number of aromatic carboxylic acids is 1. The molecule has 3 N–H and O–H groups in total. The quantitative estimate of drug-likeness (QED) is 0.640. The molecule has 7 nitrogen and oxygen atoms in total. The molecule has 2 unspecified atom stereocenters. The summed E-state index contributed by atoms with van der Waals surface area (Å²) in [7, 11) is 1.09. The summed E-state index contributed by atoms with van der Waals surface area (Å²) in [4.78, 5) is 25.1. The first-order valence-electron chi connectivity index (χ1n) is 5.19. The van der Waals surface area contributed by atoms with E-state index in [2.05, 4.69) is 9.72 Å². The Hall–Kier alpha value is -2.06. The predicted octanol–water partition coefficient (Wildman–Crippen LogP) is -0.124. The number of halogens is 1. The van der Waals surface area contributed by atoms with Crippen LogP contribution in [-0.2, 0) is 9.53 Å². The lowest BCUT2D eigenvalue weighted by Crippen LogP contribution is -2.24. The van der Waals surface area contributed by atoms with Gasteiger partial charge in [0.2, 0.25) is 0 Å². The van der Waals surface area contributed by atoms with E-state index in [1.54, 1.807) is 0 Å². The monoisotopic (exact) mass is 273 g/mol. The van der Waals surface area contributed by atoms with Crippen LogP contribution in [0.1, 0.15) is 28.6 Å². The molecule has 0 fully saturated rings. The maximum atomic E-state index is 13.7. The van der Waals surface area contributed by atoms with Crippen molar-refractivity contribution in [3.63, 3.8) is 0 Å². The molecule has 19 heavy (non-hydrogen) atoms. The second kappa shape index (κ2) is 6.21. The topological polar surface area (TPSA) is 117 Å². The van der Waals surface area contributed by atoms with Gasteiger partial charge in [0.05, 0.1) is 25.2 Å². The lowest BCUT2D eigenvalue weighted by atomic mass is 10.0. The molecule has 0 aromatic carbocycles. The molecule has 0 aliphatic rings. The third kappa shape index (κ3) is 3.46. The van der Waals surface area contributed by atoms with Gasteiger partial charge in [0, 0.05) is 6.20 Å². The van der Waals surface area contributed by atoms with Gasteiger partial charge in [-0.1, -0.05) is 0 Å². The van der Waals surface area contributed by atoms with Crippen molar-refractivity contribution >= 4 is 11.9 Å². The van der Waals surface area contributed by atoms with Gasteiger partial charge in [-0.25, -0.2) is 9.18 Å². The molecule has 0 radical (unpaired) electrons. The molecule has 1 aromatic heterocycles. The Labute approximate surface area is 107 Å². The third-order valence-electron chi connectivity index (χ3n) is 2.39. The number of carboxylic acid groups (broad SMARTS) is 1. The number of aliphatic hydroxyl groups is 2. The molecule has 0 saturated carbocycles. The lowest BCUT2D eigenvalue weighted by Gasteiger charge is -2.17. The van der Waals surface area contributed by atoms with Crippen LogP contribution in [0.4, 0.5) is 4.39 Å². The third-order valence-corrected chi connectivity index (χ3v) is 2.39. The van der Waals surface area contributed by atoms with Crippen molar-refractivity contribution in [1.82, 2.24) is 4.98 Å². The van der Waals surface area contributed by atoms with Crippen LogP contribution in [0.15, 0.2) is 12.3 Å². The first-order chi connectivity index (χ1) is 8.88. The summed E-state index contributed by atoms with van der Waals surface area (Å²) < 4.78 is 18.0. The molecule has 2 atom stereocenters. The molecule has 0 aliphatic heterocycles. The number of nitrogens with zero attached hydrogens (tertiary/aromatic N) is 1. The van der Waals surface area contributed by atoms with Crippen LogP contribution in [0.25, 0.3) is 0 Å². The largest absolute Gasteiger partial charge is 0.478 e. The molecular weight excluding hydrogens is 261 g/mol. The van der Waals surface area contributed by atoms with Gasteiger partial charge in [-0.3, -0.25) is 9.78 Å². The Kier molecular flexibility index (Phi) is 4.90. The summed E-state index contributed by atoms with van der Waals surface area (Å²) in [6, 6.07) is 0.917. The highest BCUT2D eigenvalue weighted by Crippen LogP contribution is 2.22. The summed E-state index contributed by atoms with van der Waals surface area (Å²) in [5, 5.41) is 27.9. The van der Waals surface area contributed by atoms with E-state index >= 15 is 0 Å². The van der Waals surface area contributed by atoms with E-state index in [1.807, 2.05) is 0 Å². The number of carbonyl (C=O) groups is 2. The van der Waals surface area contributed by atoms with E-state index in [1.165, 1.54) is 0 Å². The number of carbonyl (C=O) groups excluding carboxylic acids is 1. The maximum Gasteiger partial charge on any atom is 0.338 e. The molecule has 0 spiro atoms. The highest BCUT2D eigenvalue weighted by atomic mass is 19.1. The number of methoxy groups -OCH3 is 1. The fraction of sp³-hybridized carbons (Fsp3) is 0.364. The normalized spacial score (nSPS) is 13.7. The number of hydrogen-bond donors (Lipinski definition) is 3. The number of pyridine rings is 1. The van der Waals surface area contributed by atoms with Gasteiger partial charge in [-0.05, 0) is 6.07 Å². The van der Waals surface area contributed by atoms with Gasteiger partial charge in [0.15, 0.2) is 5.82 Å². The van der Waals surface area contributed by atoms with Gasteiger partial charge in [-0.15, -0.1) is 0 Å². The zero-order valence-electron chi connectivity index (χ0n) is 9.91. The number of carboxylic acids is 1. The van der Waals surface area contributed by atoms with Crippen molar-refractivity contribution in [2.24, 2.45) is 0 Å². The number of rotatable bonds is 5. The Morgan fingerprint density at radius 3 is 2.63 bits per heavy atom. The van der Waals surface area contributed by atoms with Crippen LogP contribution in [0.3, 0.4) is 0 Å². The zero-order valence-corrected chi connectivity index (χ0v) is 9.91. The van der Waals surface area contributed by atoms with Crippen LogP contribution < -0.4 is 0 Å². The standard InChI is InChI=1S/C11H12FNO6/c1-19-7(15)4-6(14)10(16)9-8(12)5(11(17)18)2-3-13-9/h2-3,6,10,14,16H,4H2,1H3,(H,17,18). The van der Waals surface area contributed by atoms with Crippen LogP contribution in [0, 0.1) is 5.82 Å². The molecule has 0 aliphatic carbocycles.